The van der Waals surface area contributed by atoms with Crippen LogP contribution in [0.15, 0.2) is 99.9 Å². The summed E-state index contributed by atoms with van der Waals surface area (Å²) in [6.07, 6.45) is 1.83. The highest BCUT2D eigenvalue weighted by Gasteiger charge is 2.33. The molecule has 4 aromatic rings. The van der Waals surface area contributed by atoms with Crippen LogP contribution in [0.1, 0.15) is 36.6 Å². The molecule has 1 aromatic heterocycles. The van der Waals surface area contributed by atoms with E-state index >= 15 is 0 Å². The minimum absolute atomic E-state index is 0.208. The second kappa shape index (κ2) is 11.2. The maximum absolute atomic E-state index is 13.7. The Balaban J connectivity index is 1.47. The smallest absolute Gasteiger partial charge is 0.338 e. The van der Waals surface area contributed by atoms with E-state index in [0.717, 1.165) is 22.4 Å². The van der Waals surface area contributed by atoms with E-state index in [1.165, 1.54) is 11.3 Å². The van der Waals surface area contributed by atoms with E-state index in [-0.39, 0.29) is 12.2 Å². The average molecular weight is 545 g/mol. The van der Waals surface area contributed by atoms with Crippen molar-refractivity contribution in [1.29, 1.82) is 0 Å². The minimum atomic E-state index is -0.614. The lowest BCUT2D eigenvalue weighted by atomic mass is 9.96. The molecule has 6 nitrogen and oxygen atoms in total. The fraction of sp³-hybridized carbons (Fsp3) is 0.167. The highest BCUT2D eigenvalue weighted by Crippen LogP contribution is 2.30. The highest BCUT2D eigenvalue weighted by molar-refractivity contribution is 7.07. The molecule has 0 bridgehead atoms. The summed E-state index contributed by atoms with van der Waals surface area (Å²) in [4.78, 5) is 31.7. The van der Waals surface area contributed by atoms with Gasteiger partial charge in [0.05, 0.1) is 28.5 Å². The van der Waals surface area contributed by atoms with Crippen LogP contribution in [0.4, 0.5) is 0 Å². The van der Waals surface area contributed by atoms with Crippen LogP contribution in [0.3, 0.4) is 0 Å². The lowest BCUT2D eigenvalue weighted by molar-refractivity contribution is -0.139. The molecule has 3 aromatic carbocycles. The summed E-state index contributed by atoms with van der Waals surface area (Å²) in [5.41, 5.74) is 3.41. The van der Waals surface area contributed by atoms with Gasteiger partial charge in [-0.2, -0.15) is 0 Å². The molecule has 192 valence electrons. The maximum atomic E-state index is 13.7. The van der Waals surface area contributed by atoms with Gasteiger partial charge >= 0.3 is 5.97 Å². The molecule has 1 aliphatic rings. The van der Waals surface area contributed by atoms with Gasteiger partial charge in [-0.25, -0.2) is 9.79 Å². The van der Waals surface area contributed by atoms with Crippen LogP contribution >= 0.6 is 22.9 Å². The van der Waals surface area contributed by atoms with Gasteiger partial charge in [0.15, 0.2) is 4.80 Å². The van der Waals surface area contributed by atoms with Crippen molar-refractivity contribution in [3.63, 3.8) is 0 Å². The van der Waals surface area contributed by atoms with Crippen molar-refractivity contribution >= 4 is 35.0 Å². The number of allylic oxidation sites excluding steroid dienone is 1. The topological polar surface area (TPSA) is 69.9 Å². The Morgan fingerprint density at radius 1 is 1.05 bits per heavy atom. The Hall–Kier alpha value is -3.94. The van der Waals surface area contributed by atoms with Crippen molar-refractivity contribution in [1.82, 2.24) is 4.57 Å². The first-order chi connectivity index (χ1) is 18.4. The van der Waals surface area contributed by atoms with Crippen LogP contribution in [-0.2, 0) is 16.1 Å². The minimum Gasteiger partial charge on any atom is -0.489 e. The van der Waals surface area contributed by atoms with Crippen molar-refractivity contribution in [3.05, 3.63) is 132 Å². The summed E-state index contributed by atoms with van der Waals surface area (Å²) in [5, 5.41) is 0.686. The summed E-state index contributed by atoms with van der Waals surface area (Å²) in [5.74, 6) is 0.253. The van der Waals surface area contributed by atoms with Gasteiger partial charge in [-0.15, -0.1) is 0 Å². The van der Waals surface area contributed by atoms with Crippen molar-refractivity contribution in [2.45, 2.75) is 26.5 Å². The molecule has 2 heterocycles. The second-order valence-corrected chi connectivity index (χ2v) is 10.1. The van der Waals surface area contributed by atoms with Gasteiger partial charge in [-0.3, -0.25) is 9.36 Å². The molecule has 0 aliphatic carbocycles. The number of rotatable bonds is 7. The van der Waals surface area contributed by atoms with Gasteiger partial charge in [-0.05, 0) is 60.9 Å². The standard InChI is InChI=1S/C30H25ClN2O4S/c1-3-36-29(35)26-19(2)32-30-33(27(26)22-7-5-4-6-8-22)28(34)25(38-30)17-20-11-15-24(16-12-20)37-18-21-9-13-23(31)14-10-21/h4-17,27H,3,18H2,1-2H3/b25-17+/t27-/m0/s1. The first kappa shape index (κ1) is 25.7. The Morgan fingerprint density at radius 2 is 1.76 bits per heavy atom. The first-order valence-corrected chi connectivity index (χ1v) is 13.4. The van der Waals surface area contributed by atoms with Gasteiger partial charge in [0, 0.05) is 5.02 Å². The number of aromatic nitrogens is 1. The van der Waals surface area contributed by atoms with Crippen LogP contribution in [0.2, 0.25) is 5.02 Å². The number of thiazole rings is 1. The van der Waals surface area contributed by atoms with Crippen molar-refractivity contribution in [2.24, 2.45) is 4.99 Å². The third-order valence-electron chi connectivity index (χ3n) is 6.13. The number of carbonyl (C=O) groups is 1. The van der Waals surface area contributed by atoms with Crippen LogP contribution in [0, 0.1) is 0 Å². The second-order valence-electron chi connectivity index (χ2n) is 8.70. The van der Waals surface area contributed by atoms with Gasteiger partial charge in [0.2, 0.25) is 0 Å². The average Bonchev–Trinajstić information content (AvgIpc) is 3.23. The molecule has 0 saturated heterocycles. The SMILES string of the molecule is CCOC(=O)C1=C(C)N=c2s/c(=C/c3ccc(OCc4ccc(Cl)cc4)cc3)c(=O)n2[C@H]1c1ccccc1. The van der Waals surface area contributed by atoms with Crippen molar-refractivity contribution in [3.8, 4) is 5.75 Å². The van der Waals surface area contributed by atoms with E-state index in [0.29, 0.717) is 32.2 Å². The predicted octanol–water partition coefficient (Wildman–Crippen LogP) is 5.03. The molecule has 0 spiro atoms. The summed E-state index contributed by atoms with van der Waals surface area (Å²) < 4.78 is 13.3. The van der Waals surface area contributed by atoms with Crippen molar-refractivity contribution in [2.75, 3.05) is 6.61 Å². The Kier molecular flexibility index (Phi) is 7.58. The Bertz CT molecular complexity index is 1670. The van der Waals surface area contributed by atoms with Crippen LogP contribution in [-0.4, -0.2) is 17.1 Å². The zero-order valence-electron chi connectivity index (χ0n) is 20.9. The monoisotopic (exact) mass is 544 g/mol. The molecule has 5 rings (SSSR count). The van der Waals surface area contributed by atoms with Crippen LogP contribution in [0.25, 0.3) is 6.08 Å². The quantitative estimate of drug-likeness (QED) is 0.306. The maximum Gasteiger partial charge on any atom is 0.338 e. The third-order valence-corrected chi connectivity index (χ3v) is 7.36. The van der Waals surface area contributed by atoms with E-state index in [1.807, 2.05) is 84.9 Å². The molecule has 0 N–H and O–H groups in total. The fourth-order valence-electron chi connectivity index (χ4n) is 4.30. The van der Waals surface area contributed by atoms with Crippen molar-refractivity contribution < 1.29 is 14.3 Å². The molecule has 8 heteroatoms. The van der Waals surface area contributed by atoms with E-state index < -0.39 is 12.0 Å². The number of hydrogen-bond donors (Lipinski definition) is 0. The molecule has 0 radical (unpaired) electrons. The molecule has 1 atom stereocenters. The van der Waals surface area contributed by atoms with Gasteiger partial charge in [-0.1, -0.05) is 77.5 Å². The Labute approximate surface area is 228 Å². The summed E-state index contributed by atoms with van der Waals surface area (Å²) in [6, 6.07) is 23.9. The van der Waals surface area contributed by atoms with E-state index in [2.05, 4.69) is 4.99 Å². The van der Waals surface area contributed by atoms with Gasteiger partial charge in [0.1, 0.15) is 12.4 Å². The number of carbonyl (C=O) groups excluding carboxylic acids is 1. The molecule has 0 unspecified atom stereocenters. The highest BCUT2D eigenvalue weighted by atomic mass is 35.5. The van der Waals surface area contributed by atoms with Crippen LogP contribution in [0.5, 0.6) is 5.75 Å². The van der Waals surface area contributed by atoms with E-state index in [1.54, 1.807) is 18.4 Å². The van der Waals surface area contributed by atoms with Gasteiger partial charge < -0.3 is 9.47 Å². The first-order valence-electron chi connectivity index (χ1n) is 12.2. The zero-order valence-corrected chi connectivity index (χ0v) is 22.5. The molecular formula is C30H25ClN2O4S. The number of fused-ring (bicyclic) bond motifs is 1. The number of hydrogen-bond acceptors (Lipinski definition) is 6. The number of nitrogens with zero attached hydrogens (tertiary/aromatic N) is 2. The number of benzene rings is 3. The molecule has 38 heavy (non-hydrogen) atoms. The molecule has 0 amide bonds. The largest absolute Gasteiger partial charge is 0.489 e. The zero-order chi connectivity index (χ0) is 26.6. The summed E-state index contributed by atoms with van der Waals surface area (Å²) in [6.45, 7) is 4.20. The lowest BCUT2D eigenvalue weighted by Gasteiger charge is -2.24. The van der Waals surface area contributed by atoms with E-state index in [4.69, 9.17) is 21.1 Å². The predicted molar refractivity (Wildman–Crippen MR) is 149 cm³/mol. The number of ether oxygens (including phenoxy) is 2. The molecule has 1 aliphatic heterocycles. The Morgan fingerprint density at radius 3 is 2.45 bits per heavy atom. The molecule has 0 fully saturated rings. The molecular weight excluding hydrogens is 520 g/mol. The fourth-order valence-corrected chi connectivity index (χ4v) is 5.47. The lowest BCUT2D eigenvalue weighted by Crippen LogP contribution is -2.39. The number of esters is 1. The molecule has 0 saturated carbocycles. The van der Waals surface area contributed by atoms with E-state index in [9.17, 15) is 9.59 Å². The third kappa shape index (κ3) is 5.35. The number of halogens is 1. The van der Waals surface area contributed by atoms with Gasteiger partial charge in [0.25, 0.3) is 5.56 Å². The normalized spacial score (nSPS) is 15.1. The summed E-state index contributed by atoms with van der Waals surface area (Å²) in [7, 11) is 0. The summed E-state index contributed by atoms with van der Waals surface area (Å²) >= 11 is 7.24. The van der Waals surface area contributed by atoms with Crippen LogP contribution < -0.4 is 19.6 Å².